The van der Waals surface area contributed by atoms with Gasteiger partial charge >= 0.3 is 5.97 Å². The van der Waals surface area contributed by atoms with Gasteiger partial charge in [0.05, 0.1) is 11.3 Å². The average molecular weight is 493 g/mol. The van der Waals surface area contributed by atoms with Crippen molar-refractivity contribution in [1.82, 2.24) is 4.31 Å². The topological polar surface area (TPSA) is 87.2 Å². The molecule has 0 amide bonds. The van der Waals surface area contributed by atoms with Crippen LogP contribution in [0.25, 0.3) is 11.1 Å². The third-order valence-corrected chi connectivity index (χ3v) is 8.84. The zero-order valence-corrected chi connectivity index (χ0v) is 20.6. The van der Waals surface area contributed by atoms with E-state index in [9.17, 15) is 18.3 Å². The number of benzene rings is 3. The average Bonchev–Trinajstić information content (AvgIpc) is 2.94. The van der Waals surface area contributed by atoms with E-state index >= 15 is 0 Å². The molecule has 2 aliphatic rings. The number of aromatic carboxylic acids is 1. The molecule has 182 valence electrons. The predicted octanol–water partition coefficient (Wildman–Crippen LogP) is 5.28. The van der Waals surface area contributed by atoms with E-state index in [1.807, 2.05) is 36.4 Å². The number of ether oxygens (including phenoxy) is 1. The number of nitrogens with zero attached hydrogens (tertiary/aromatic N) is 2. The summed E-state index contributed by atoms with van der Waals surface area (Å²) in [5.74, 6) is -0.501. The van der Waals surface area contributed by atoms with Gasteiger partial charge < -0.3 is 14.7 Å². The Kier molecular flexibility index (Phi) is 6.02. The summed E-state index contributed by atoms with van der Waals surface area (Å²) in [6.07, 6.45) is 2.67. The fraction of sp³-hybridized carbons (Fsp3) is 0.296. The first-order valence-corrected chi connectivity index (χ1v) is 13.2. The van der Waals surface area contributed by atoms with Gasteiger partial charge in [0.25, 0.3) is 0 Å². The van der Waals surface area contributed by atoms with Gasteiger partial charge in [-0.15, -0.1) is 0 Å². The highest BCUT2D eigenvalue weighted by Crippen LogP contribution is 2.45. The van der Waals surface area contributed by atoms with E-state index in [4.69, 9.17) is 4.74 Å². The maximum Gasteiger partial charge on any atom is 0.335 e. The molecular formula is C27H28N2O5S. The molecule has 5 rings (SSSR count). The van der Waals surface area contributed by atoms with Crippen LogP contribution in [-0.4, -0.2) is 43.4 Å². The van der Waals surface area contributed by atoms with E-state index in [2.05, 4.69) is 11.8 Å². The molecule has 7 nitrogen and oxygen atoms in total. The molecule has 0 spiro atoms. The van der Waals surface area contributed by atoms with E-state index in [1.165, 1.54) is 10.4 Å². The molecule has 1 atom stereocenters. The zero-order valence-electron chi connectivity index (χ0n) is 19.8. The van der Waals surface area contributed by atoms with Gasteiger partial charge in [0.1, 0.15) is 17.3 Å². The standard InChI is InChI=1S/C27H28N2O5S/c1-3-4-8-21-16-29(20-9-6-5-7-10-20)24-14-19-17-34-25-12-11-18(27(30)31)13-23(25)22(19)15-26(24)35(32,33)28(21)2/h5-7,9-15,21H,3-4,8,16-17H2,1-2H3,(H,30,31). The van der Waals surface area contributed by atoms with Gasteiger partial charge in [-0.25, -0.2) is 13.2 Å². The lowest BCUT2D eigenvalue weighted by Gasteiger charge is -2.30. The number of para-hydroxylation sites is 1. The lowest BCUT2D eigenvalue weighted by molar-refractivity contribution is 0.0697. The van der Waals surface area contributed by atoms with E-state index in [0.29, 0.717) is 29.1 Å². The zero-order chi connectivity index (χ0) is 24.7. The molecule has 0 saturated carbocycles. The van der Waals surface area contributed by atoms with Crippen molar-refractivity contribution in [2.24, 2.45) is 0 Å². The Morgan fingerprint density at radius 3 is 2.57 bits per heavy atom. The summed E-state index contributed by atoms with van der Waals surface area (Å²) in [6.45, 7) is 2.91. The van der Waals surface area contributed by atoms with Crippen molar-refractivity contribution >= 4 is 27.4 Å². The van der Waals surface area contributed by atoms with Crippen molar-refractivity contribution in [2.45, 2.75) is 43.7 Å². The number of carboxylic acids is 1. The number of hydrogen-bond acceptors (Lipinski definition) is 5. The number of hydrogen-bond donors (Lipinski definition) is 1. The highest BCUT2D eigenvalue weighted by Gasteiger charge is 2.38. The molecule has 0 aromatic heterocycles. The summed E-state index contributed by atoms with van der Waals surface area (Å²) < 4.78 is 35.3. The number of likely N-dealkylation sites (N-methyl/N-ethyl adjacent to an activating group) is 1. The van der Waals surface area contributed by atoms with E-state index in [-0.39, 0.29) is 23.1 Å². The van der Waals surface area contributed by atoms with E-state index in [1.54, 1.807) is 25.2 Å². The van der Waals surface area contributed by atoms with E-state index in [0.717, 1.165) is 30.5 Å². The van der Waals surface area contributed by atoms with Crippen LogP contribution in [0.5, 0.6) is 5.75 Å². The minimum atomic E-state index is -3.81. The Morgan fingerprint density at radius 1 is 1.09 bits per heavy atom. The normalized spacial score (nSPS) is 18.6. The Labute approximate surface area is 205 Å². The Hall–Kier alpha value is -3.36. The summed E-state index contributed by atoms with van der Waals surface area (Å²) >= 11 is 0. The molecule has 2 heterocycles. The third kappa shape index (κ3) is 4.06. The van der Waals surface area contributed by atoms with Crippen LogP contribution in [0.2, 0.25) is 0 Å². The maximum absolute atomic E-state index is 13.9. The molecule has 0 bridgehead atoms. The minimum Gasteiger partial charge on any atom is -0.488 e. The van der Waals surface area contributed by atoms with Crippen LogP contribution in [0, 0.1) is 0 Å². The molecule has 3 aromatic carbocycles. The first kappa shape index (κ1) is 23.4. The molecule has 0 saturated heterocycles. The van der Waals surface area contributed by atoms with Crippen molar-refractivity contribution in [3.05, 3.63) is 71.8 Å². The van der Waals surface area contributed by atoms with Gasteiger partial charge in [0.15, 0.2) is 0 Å². The third-order valence-electron chi connectivity index (χ3n) is 6.90. The van der Waals surface area contributed by atoms with Gasteiger partial charge in [-0.1, -0.05) is 38.0 Å². The Balaban J connectivity index is 1.74. The molecule has 1 N–H and O–H groups in total. The van der Waals surface area contributed by atoms with Crippen molar-refractivity contribution in [1.29, 1.82) is 0 Å². The summed E-state index contributed by atoms with van der Waals surface area (Å²) in [7, 11) is -2.15. The highest BCUT2D eigenvalue weighted by molar-refractivity contribution is 7.89. The van der Waals surface area contributed by atoms with Crippen LogP contribution in [-0.2, 0) is 16.6 Å². The second kappa shape index (κ2) is 9.02. The molecular weight excluding hydrogens is 464 g/mol. The summed E-state index contributed by atoms with van der Waals surface area (Å²) in [5.41, 5.74) is 3.76. The van der Waals surface area contributed by atoms with Gasteiger partial charge in [0.2, 0.25) is 10.0 Å². The van der Waals surface area contributed by atoms with Crippen LogP contribution in [0.15, 0.2) is 65.6 Å². The number of rotatable bonds is 5. The van der Waals surface area contributed by atoms with Crippen molar-refractivity contribution in [3.8, 4) is 16.9 Å². The van der Waals surface area contributed by atoms with Crippen molar-refractivity contribution in [3.63, 3.8) is 0 Å². The molecule has 0 fully saturated rings. The fourth-order valence-corrected chi connectivity index (χ4v) is 6.47. The lowest BCUT2D eigenvalue weighted by atomic mass is 9.94. The molecule has 0 radical (unpaired) electrons. The second-order valence-corrected chi connectivity index (χ2v) is 11.0. The Morgan fingerprint density at radius 2 is 1.86 bits per heavy atom. The molecule has 0 aliphatic carbocycles. The smallest absolute Gasteiger partial charge is 0.335 e. The maximum atomic E-state index is 13.9. The van der Waals surface area contributed by atoms with Crippen LogP contribution in [0.4, 0.5) is 11.4 Å². The van der Waals surface area contributed by atoms with Crippen LogP contribution in [0.3, 0.4) is 0 Å². The molecule has 8 heteroatoms. The lowest BCUT2D eigenvalue weighted by Crippen LogP contribution is -2.40. The monoisotopic (exact) mass is 492 g/mol. The van der Waals surface area contributed by atoms with Gasteiger partial charge in [-0.05, 0) is 60.0 Å². The molecule has 1 unspecified atom stereocenters. The van der Waals surface area contributed by atoms with Gasteiger partial charge in [0, 0.05) is 30.9 Å². The van der Waals surface area contributed by atoms with E-state index < -0.39 is 16.0 Å². The fourth-order valence-electron chi connectivity index (χ4n) is 4.89. The summed E-state index contributed by atoms with van der Waals surface area (Å²) in [5, 5.41) is 9.49. The summed E-state index contributed by atoms with van der Waals surface area (Å²) in [4.78, 5) is 13.9. The molecule has 35 heavy (non-hydrogen) atoms. The van der Waals surface area contributed by atoms with Crippen LogP contribution < -0.4 is 9.64 Å². The quantitative estimate of drug-likeness (QED) is 0.522. The van der Waals surface area contributed by atoms with Crippen molar-refractivity contribution in [2.75, 3.05) is 18.5 Å². The van der Waals surface area contributed by atoms with Gasteiger partial charge in [-0.2, -0.15) is 4.31 Å². The van der Waals surface area contributed by atoms with Crippen LogP contribution in [0.1, 0.15) is 42.1 Å². The highest BCUT2D eigenvalue weighted by atomic mass is 32.2. The molecule has 3 aromatic rings. The SMILES string of the molecule is CCCCC1CN(c2ccccc2)c2cc3c(cc2S(=O)(=O)N1C)-c1cc(C(=O)O)ccc1OC3. The predicted molar refractivity (Wildman–Crippen MR) is 135 cm³/mol. The number of unbranched alkanes of at least 4 members (excludes halogenated alkanes) is 1. The second-order valence-electron chi connectivity index (χ2n) is 9.05. The number of sulfonamides is 1. The number of carbonyl (C=O) groups is 1. The van der Waals surface area contributed by atoms with Crippen molar-refractivity contribution < 1.29 is 23.1 Å². The minimum absolute atomic E-state index is 0.126. The first-order chi connectivity index (χ1) is 16.8. The van der Waals surface area contributed by atoms with Crippen LogP contribution >= 0.6 is 0 Å². The largest absolute Gasteiger partial charge is 0.488 e. The summed E-state index contributed by atoms with van der Waals surface area (Å²) in [6, 6.07) is 17.9. The first-order valence-electron chi connectivity index (χ1n) is 11.8. The number of carboxylic acid groups (broad SMARTS) is 1. The number of fused-ring (bicyclic) bond motifs is 4. The van der Waals surface area contributed by atoms with Gasteiger partial charge in [-0.3, -0.25) is 0 Å². The molecule has 2 aliphatic heterocycles. The Bertz CT molecular complexity index is 1390. The number of anilines is 2.